The highest BCUT2D eigenvalue weighted by Crippen LogP contribution is 2.37. The number of benzene rings is 2. The number of nitrogens with zero attached hydrogens (tertiary/aromatic N) is 3. The van der Waals surface area contributed by atoms with Gasteiger partial charge in [0.15, 0.2) is 0 Å². The van der Waals surface area contributed by atoms with Crippen LogP contribution in [0.3, 0.4) is 0 Å². The number of hydrogen-bond donors (Lipinski definition) is 0. The van der Waals surface area contributed by atoms with Gasteiger partial charge < -0.3 is 4.74 Å². The fraction of sp³-hybridized carbons (Fsp3) is 0.481. The minimum Gasteiger partial charge on any atom is -0.363 e. The second-order valence-corrected chi connectivity index (χ2v) is 10.1. The fourth-order valence-electron chi connectivity index (χ4n) is 5.21. The molecule has 1 aromatic heterocycles. The van der Waals surface area contributed by atoms with Gasteiger partial charge in [-0.25, -0.2) is 4.57 Å². The molecular formula is C27H34N3O+. The number of hydrogen-bond acceptors (Lipinski definition) is 2. The summed E-state index contributed by atoms with van der Waals surface area (Å²) in [5.74, 6) is 2.37. The Kier molecular flexibility index (Phi) is 5.01. The average molecular weight is 417 g/mol. The van der Waals surface area contributed by atoms with Crippen molar-refractivity contribution in [3.05, 3.63) is 76.4 Å². The molecule has 2 aromatic carbocycles. The van der Waals surface area contributed by atoms with Gasteiger partial charge in [-0.3, -0.25) is 0 Å². The van der Waals surface area contributed by atoms with E-state index in [9.17, 15) is 0 Å². The summed E-state index contributed by atoms with van der Waals surface area (Å²) in [4.78, 5) is 0. The van der Waals surface area contributed by atoms with Crippen molar-refractivity contribution in [1.82, 2.24) is 9.78 Å². The third-order valence-electron chi connectivity index (χ3n) is 6.96. The minimum absolute atomic E-state index is 0.199. The normalized spacial score (nSPS) is 19.8. The van der Waals surface area contributed by atoms with E-state index in [0.717, 1.165) is 12.2 Å². The lowest BCUT2D eigenvalue weighted by Gasteiger charge is -2.23. The summed E-state index contributed by atoms with van der Waals surface area (Å²) < 4.78 is 10.8. The van der Waals surface area contributed by atoms with Crippen molar-refractivity contribution < 1.29 is 9.30 Å². The fourth-order valence-corrected chi connectivity index (χ4v) is 5.21. The van der Waals surface area contributed by atoms with Crippen LogP contribution in [0.2, 0.25) is 0 Å². The highest BCUT2D eigenvalue weighted by atomic mass is 16.5. The maximum absolute atomic E-state index is 6.27. The van der Waals surface area contributed by atoms with E-state index in [0.29, 0.717) is 24.4 Å². The topological polar surface area (TPSA) is 30.9 Å². The Hall–Kier alpha value is -2.46. The van der Waals surface area contributed by atoms with Crippen molar-refractivity contribution >= 4 is 0 Å². The molecule has 2 heterocycles. The first kappa shape index (κ1) is 20.4. The largest absolute Gasteiger partial charge is 0.363 e. The summed E-state index contributed by atoms with van der Waals surface area (Å²) in [7, 11) is 0. The van der Waals surface area contributed by atoms with Crippen LogP contribution in [-0.2, 0) is 17.8 Å². The second kappa shape index (κ2) is 7.59. The summed E-state index contributed by atoms with van der Waals surface area (Å²) in [6.45, 7) is 14.3. The molecule has 4 nitrogen and oxygen atoms in total. The third kappa shape index (κ3) is 3.32. The standard InChI is InChI=1S/C27H34N3O/c1-16(2)20-11-22(17(3)4)26(23(12-20)18(5)6)30-15-29-25(28-30)14-31-24-13-19-9-7-8-10-21(19)27(24)29/h7-12,15-18,24,27H,13-14H2,1-6H3/q+1/t24-,27+/m1/s1. The SMILES string of the molecule is CC(C)c1cc(C(C)C)c(-n2c[n+]3c(n2)CO[C@@H]2Cc4ccccc4[C@@H]23)c(C(C)C)c1. The molecule has 2 atom stereocenters. The van der Waals surface area contributed by atoms with E-state index in [1.807, 2.05) is 0 Å². The van der Waals surface area contributed by atoms with Gasteiger partial charge in [0.05, 0.1) is 0 Å². The lowest BCUT2D eigenvalue weighted by atomic mass is 9.87. The molecule has 1 aliphatic heterocycles. The molecule has 0 amide bonds. The maximum Gasteiger partial charge on any atom is 0.304 e. The number of rotatable bonds is 4. The van der Waals surface area contributed by atoms with Crippen LogP contribution < -0.4 is 4.57 Å². The molecule has 0 N–H and O–H groups in total. The second-order valence-electron chi connectivity index (χ2n) is 10.1. The Morgan fingerprint density at radius 3 is 2.29 bits per heavy atom. The van der Waals surface area contributed by atoms with Gasteiger partial charge in [-0.2, -0.15) is 0 Å². The Balaban J connectivity index is 1.68. The van der Waals surface area contributed by atoms with Gasteiger partial charge in [-0.1, -0.05) is 82.6 Å². The molecule has 5 rings (SSSR count). The van der Waals surface area contributed by atoms with Gasteiger partial charge in [0.1, 0.15) is 24.4 Å². The van der Waals surface area contributed by atoms with Crippen LogP contribution in [0.15, 0.2) is 42.7 Å². The van der Waals surface area contributed by atoms with Crippen molar-refractivity contribution in [2.45, 2.75) is 84.5 Å². The maximum atomic E-state index is 6.27. The Morgan fingerprint density at radius 2 is 1.65 bits per heavy atom. The molecule has 0 spiro atoms. The molecule has 0 unspecified atom stereocenters. The van der Waals surface area contributed by atoms with Gasteiger partial charge in [-0.15, -0.1) is 0 Å². The predicted octanol–water partition coefficient (Wildman–Crippen LogP) is 5.57. The van der Waals surface area contributed by atoms with E-state index in [4.69, 9.17) is 9.84 Å². The zero-order valence-corrected chi connectivity index (χ0v) is 19.6. The van der Waals surface area contributed by atoms with Crippen LogP contribution in [0.25, 0.3) is 5.69 Å². The number of aromatic nitrogens is 3. The first-order valence-electron chi connectivity index (χ1n) is 11.7. The van der Waals surface area contributed by atoms with Crippen LogP contribution >= 0.6 is 0 Å². The zero-order chi connectivity index (χ0) is 21.9. The van der Waals surface area contributed by atoms with Crippen molar-refractivity contribution in [2.75, 3.05) is 0 Å². The molecule has 4 heteroatoms. The molecule has 3 aromatic rings. The van der Waals surface area contributed by atoms with Gasteiger partial charge in [0.2, 0.25) is 6.33 Å². The molecule has 0 fully saturated rings. The van der Waals surface area contributed by atoms with E-state index < -0.39 is 0 Å². The third-order valence-corrected chi connectivity index (χ3v) is 6.96. The van der Waals surface area contributed by atoms with Crippen LogP contribution in [0.1, 0.15) is 99.0 Å². The summed E-state index contributed by atoms with van der Waals surface area (Å²) in [6.07, 6.45) is 3.40. The van der Waals surface area contributed by atoms with Gasteiger partial charge >= 0.3 is 5.82 Å². The predicted molar refractivity (Wildman–Crippen MR) is 123 cm³/mol. The summed E-state index contributed by atoms with van der Waals surface area (Å²) in [5.41, 5.74) is 8.19. The monoisotopic (exact) mass is 416 g/mol. The Morgan fingerprint density at radius 1 is 0.968 bits per heavy atom. The summed E-state index contributed by atoms with van der Waals surface area (Å²) >= 11 is 0. The Bertz CT molecular complexity index is 1100. The van der Waals surface area contributed by atoms with Crippen LogP contribution in [0.4, 0.5) is 0 Å². The van der Waals surface area contributed by atoms with E-state index in [1.54, 1.807) is 0 Å². The summed E-state index contributed by atoms with van der Waals surface area (Å²) in [6, 6.07) is 13.8. The minimum atomic E-state index is 0.199. The van der Waals surface area contributed by atoms with Crippen molar-refractivity contribution in [3.63, 3.8) is 0 Å². The first-order valence-corrected chi connectivity index (χ1v) is 11.7. The molecule has 2 aliphatic rings. The zero-order valence-electron chi connectivity index (χ0n) is 19.6. The lowest BCUT2D eigenvalue weighted by molar-refractivity contribution is -0.739. The number of fused-ring (bicyclic) bond motifs is 5. The van der Waals surface area contributed by atoms with Crippen molar-refractivity contribution in [3.8, 4) is 5.69 Å². The molecule has 1 aliphatic carbocycles. The Labute approximate surface area is 185 Å². The molecule has 31 heavy (non-hydrogen) atoms. The quantitative estimate of drug-likeness (QED) is 0.520. The van der Waals surface area contributed by atoms with E-state index >= 15 is 0 Å². The molecule has 0 radical (unpaired) electrons. The first-order chi connectivity index (χ1) is 14.8. The lowest BCUT2D eigenvalue weighted by Crippen LogP contribution is -2.51. The van der Waals surface area contributed by atoms with E-state index in [1.165, 1.54) is 33.5 Å². The molecule has 0 saturated carbocycles. The van der Waals surface area contributed by atoms with E-state index in [-0.39, 0.29) is 12.1 Å². The number of ether oxygens (including phenoxy) is 1. The summed E-state index contributed by atoms with van der Waals surface area (Å²) in [5, 5.41) is 5.07. The van der Waals surface area contributed by atoms with E-state index in [2.05, 4.69) is 93.5 Å². The molecular weight excluding hydrogens is 382 g/mol. The van der Waals surface area contributed by atoms with Crippen molar-refractivity contribution in [2.24, 2.45) is 0 Å². The van der Waals surface area contributed by atoms with Crippen molar-refractivity contribution in [1.29, 1.82) is 0 Å². The van der Waals surface area contributed by atoms with Crippen LogP contribution in [-0.4, -0.2) is 15.9 Å². The smallest absolute Gasteiger partial charge is 0.304 e. The molecule has 0 saturated heterocycles. The van der Waals surface area contributed by atoms with Crippen LogP contribution in [0, 0.1) is 0 Å². The highest BCUT2D eigenvalue weighted by Gasteiger charge is 2.43. The van der Waals surface area contributed by atoms with Gasteiger partial charge in [-0.05, 0) is 45.6 Å². The molecule has 162 valence electrons. The van der Waals surface area contributed by atoms with Crippen LogP contribution in [0.5, 0.6) is 0 Å². The van der Waals surface area contributed by atoms with Gasteiger partial charge in [0.25, 0.3) is 0 Å². The average Bonchev–Trinajstić information content (AvgIpc) is 3.33. The highest BCUT2D eigenvalue weighted by molar-refractivity contribution is 5.53. The van der Waals surface area contributed by atoms with Gasteiger partial charge in [0, 0.05) is 11.5 Å². The molecule has 0 bridgehead atoms.